The number of benzene rings is 1. The summed E-state index contributed by atoms with van der Waals surface area (Å²) in [6.07, 6.45) is 5.74. The Morgan fingerprint density at radius 2 is 2.13 bits per heavy atom. The Balaban J connectivity index is 1.47. The third kappa shape index (κ3) is 6.71. The number of aliphatic imine (C=N–C) groups is 1. The van der Waals surface area contributed by atoms with Crippen LogP contribution in [0.2, 0.25) is 0 Å². The summed E-state index contributed by atoms with van der Waals surface area (Å²) in [7, 11) is 1.65. The number of piperidine rings is 1. The fourth-order valence-electron chi connectivity index (χ4n) is 3.98. The van der Waals surface area contributed by atoms with Gasteiger partial charge in [-0.25, -0.2) is 0 Å². The first-order valence-corrected chi connectivity index (χ1v) is 11.3. The molecule has 2 N–H and O–H groups in total. The average molecular weight is 417 g/mol. The van der Waals surface area contributed by atoms with Crippen LogP contribution in [0.3, 0.4) is 0 Å². The number of amides is 1. The molecule has 1 aromatic rings. The number of nitrogens with zero attached hydrogens (tertiary/aromatic N) is 2. The monoisotopic (exact) mass is 416 g/mol. The summed E-state index contributed by atoms with van der Waals surface area (Å²) in [4.78, 5) is 19.0. The van der Waals surface area contributed by atoms with Crippen molar-refractivity contribution in [3.05, 3.63) is 35.4 Å². The molecule has 2 heterocycles. The zero-order chi connectivity index (χ0) is 21.2. The number of carbonyl (C=O) groups excluding carboxylic acids is 1. The maximum Gasteiger partial charge on any atom is 0.251 e. The van der Waals surface area contributed by atoms with Crippen LogP contribution >= 0.6 is 0 Å². The standard InChI is InChI=1S/C23H36N4O3/c1-3-25-23(26-12-9-18-6-4-7-19(16-18)22(28)24-2)27-13-10-20(11-14-27)30-17-21-8-5-15-29-21/h4,6-7,16,20-21H,3,5,8-15,17H2,1-2H3,(H,24,28)(H,25,26). The van der Waals surface area contributed by atoms with Crippen molar-refractivity contribution >= 4 is 11.9 Å². The maximum absolute atomic E-state index is 11.8. The molecule has 1 unspecified atom stereocenters. The van der Waals surface area contributed by atoms with Crippen LogP contribution in [-0.2, 0) is 15.9 Å². The molecule has 7 heteroatoms. The molecule has 3 rings (SSSR count). The van der Waals surface area contributed by atoms with Crippen LogP contribution in [0.25, 0.3) is 0 Å². The lowest BCUT2D eigenvalue weighted by Crippen LogP contribution is -2.47. The molecule has 2 aliphatic heterocycles. The van der Waals surface area contributed by atoms with E-state index in [9.17, 15) is 4.79 Å². The molecule has 0 aliphatic carbocycles. The second kappa shape index (κ2) is 11.9. The van der Waals surface area contributed by atoms with Gasteiger partial charge >= 0.3 is 0 Å². The topological polar surface area (TPSA) is 75.2 Å². The molecule has 0 spiro atoms. The fraction of sp³-hybridized carbons (Fsp3) is 0.652. The Hall–Kier alpha value is -2.12. The van der Waals surface area contributed by atoms with Crippen molar-refractivity contribution in [3.63, 3.8) is 0 Å². The summed E-state index contributed by atoms with van der Waals surface area (Å²) >= 11 is 0. The summed E-state index contributed by atoms with van der Waals surface area (Å²) in [6.45, 7) is 7.15. The molecule has 0 radical (unpaired) electrons. The quantitative estimate of drug-likeness (QED) is 0.502. The number of hydrogen-bond acceptors (Lipinski definition) is 4. The lowest BCUT2D eigenvalue weighted by Gasteiger charge is -2.34. The summed E-state index contributed by atoms with van der Waals surface area (Å²) in [6, 6.07) is 7.75. The summed E-state index contributed by atoms with van der Waals surface area (Å²) < 4.78 is 11.7. The minimum atomic E-state index is -0.0572. The number of guanidine groups is 1. The van der Waals surface area contributed by atoms with E-state index in [1.807, 2.05) is 24.3 Å². The van der Waals surface area contributed by atoms with E-state index >= 15 is 0 Å². The number of ether oxygens (including phenoxy) is 2. The summed E-state index contributed by atoms with van der Waals surface area (Å²) in [5.41, 5.74) is 1.81. The van der Waals surface area contributed by atoms with Gasteiger partial charge in [0.1, 0.15) is 0 Å². The smallest absolute Gasteiger partial charge is 0.251 e. The zero-order valence-corrected chi connectivity index (χ0v) is 18.4. The fourth-order valence-corrected chi connectivity index (χ4v) is 3.98. The van der Waals surface area contributed by atoms with Gasteiger partial charge in [-0.2, -0.15) is 0 Å². The van der Waals surface area contributed by atoms with E-state index < -0.39 is 0 Å². The Labute approximate surface area is 180 Å². The Bertz CT molecular complexity index is 695. The van der Waals surface area contributed by atoms with E-state index in [1.165, 1.54) is 0 Å². The molecule has 1 amide bonds. The Morgan fingerprint density at radius 3 is 2.83 bits per heavy atom. The minimum absolute atomic E-state index is 0.0572. The van der Waals surface area contributed by atoms with Gasteiger partial charge < -0.3 is 25.0 Å². The number of carbonyl (C=O) groups is 1. The molecule has 2 aliphatic rings. The molecule has 0 aromatic heterocycles. The molecule has 1 aromatic carbocycles. The van der Waals surface area contributed by atoms with Gasteiger partial charge in [-0.05, 0) is 56.7 Å². The third-order valence-corrected chi connectivity index (χ3v) is 5.70. The predicted molar refractivity (Wildman–Crippen MR) is 119 cm³/mol. The number of hydrogen-bond donors (Lipinski definition) is 2. The second-order valence-electron chi connectivity index (χ2n) is 7.92. The molecular weight excluding hydrogens is 380 g/mol. The largest absolute Gasteiger partial charge is 0.376 e. The maximum atomic E-state index is 11.8. The highest BCUT2D eigenvalue weighted by Crippen LogP contribution is 2.18. The van der Waals surface area contributed by atoms with Crippen molar-refractivity contribution in [1.29, 1.82) is 0 Å². The van der Waals surface area contributed by atoms with Gasteiger partial charge in [-0.1, -0.05) is 12.1 Å². The van der Waals surface area contributed by atoms with Crippen LogP contribution in [0.15, 0.2) is 29.3 Å². The van der Waals surface area contributed by atoms with Crippen molar-refractivity contribution in [2.24, 2.45) is 4.99 Å². The number of likely N-dealkylation sites (tertiary alicyclic amines) is 1. The van der Waals surface area contributed by atoms with Crippen LogP contribution in [0.4, 0.5) is 0 Å². The summed E-state index contributed by atoms with van der Waals surface area (Å²) in [5, 5.41) is 6.09. The normalized spacial score (nSPS) is 20.4. The van der Waals surface area contributed by atoms with Gasteiger partial charge in [-0.3, -0.25) is 9.79 Å². The van der Waals surface area contributed by atoms with Gasteiger partial charge in [0.05, 0.1) is 18.8 Å². The van der Waals surface area contributed by atoms with Crippen LogP contribution in [0, 0.1) is 0 Å². The van der Waals surface area contributed by atoms with E-state index in [4.69, 9.17) is 14.5 Å². The zero-order valence-electron chi connectivity index (χ0n) is 18.4. The lowest BCUT2D eigenvalue weighted by molar-refractivity contribution is -0.0367. The molecule has 30 heavy (non-hydrogen) atoms. The van der Waals surface area contributed by atoms with Gasteiger partial charge in [0, 0.05) is 45.4 Å². The van der Waals surface area contributed by atoms with Crippen molar-refractivity contribution in [3.8, 4) is 0 Å². The SMILES string of the molecule is CCNC(=NCCc1cccc(C(=O)NC)c1)N1CCC(OCC2CCCO2)CC1. The highest BCUT2D eigenvalue weighted by atomic mass is 16.5. The molecule has 2 fully saturated rings. The molecule has 166 valence electrons. The molecular formula is C23H36N4O3. The van der Waals surface area contributed by atoms with Crippen molar-refractivity contribution < 1.29 is 14.3 Å². The van der Waals surface area contributed by atoms with Gasteiger partial charge in [0.15, 0.2) is 5.96 Å². The van der Waals surface area contributed by atoms with E-state index in [1.54, 1.807) is 7.05 Å². The lowest BCUT2D eigenvalue weighted by atomic mass is 10.1. The van der Waals surface area contributed by atoms with Gasteiger partial charge in [-0.15, -0.1) is 0 Å². The highest BCUT2D eigenvalue weighted by Gasteiger charge is 2.24. The molecule has 0 saturated carbocycles. The van der Waals surface area contributed by atoms with Crippen molar-refractivity contribution in [2.45, 2.75) is 51.2 Å². The van der Waals surface area contributed by atoms with Gasteiger partial charge in [0.25, 0.3) is 5.91 Å². The minimum Gasteiger partial charge on any atom is -0.376 e. The molecule has 2 saturated heterocycles. The van der Waals surface area contributed by atoms with Crippen molar-refractivity contribution in [1.82, 2.24) is 15.5 Å². The Kier molecular flexibility index (Phi) is 8.96. The first-order valence-electron chi connectivity index (χ1n) is 11.3. The van der Waals surface area contributed by atoms with Crippen LogP contribution < -0.4 is 10.6 Å². The van der Waals surface area contributed by atoms with E-state index in [0.717, 1.165) is 76.5 Å². The van der Waals surface area contributed by atoms with Gasteiger partial charge in [0.2, 0.25) is 0 Å². The molecule has 1 atom stereocenters. The number of nitrogens with one attached hydrogen (secondary N) is 2. The first-order chi connectivity index (χ1) is 14.7. The highest BCUT2D eigenvalue weighted by molar-refractivity contribution is 5.94. The first kappa shape index (κ1) is 22.6. The van der Waals surface area contributed by atoms with Crippen LogP contribution in [0.5, 0.6) is 0 Å². The molecule has 0 bridgehead atoms. The predicted octanol–water partition coefficient (Wildman–Crippen LogP) is 2.21. The van der Waals surface area contributed by atoms with E-state index in [0.29, 0.717) is 24.3 Å². The van der Waals surface area contributed by atoms with Crippen molar-refractivity contribution in [2.75, 3.05) is 46.4 Å². The Morgan fingerprint density at radius 1 is 1.30 bits per heavy atom. The van der Waals surface area contributed by atoms with Crippen LogP contribution in [-0.4, -0.2) is 75.4 Å². The van der Waals surface area contributed by atoms with E-state index in [2.05, 4.69) is 22.5 Å². The third-order valence-electron chi connectivity index (χ3n) is 5.70. The van der Waals surface area contributed by atoms with Crippen LogP contribution in [0.1, 0.15) is 48.5 Å². The second-order valence-corrected chi connectivity index (χ2v) is 7.92. The van der Waals surface area contributed by atoms with E-state index in [-0.39, 0.29) is 5.91 Å². The molecule has 7 nitrogen and oxygen atoms in total. The summed E-state index contributed by atoms with van der Waals surface area (Å²) in [5.74, 6) is 0.913. The average Bonchev–Trinajstić information content (AvgIpc) is 3.31. The number of rotatable bonds is 8.